The monoisotopic (exact) mass is 256 g/mol. The van der Waals surface area contributed by atoms with Gasteiger partial charge in [0.15, 0.2) is 0 Å². The summed E-state index contributed by atoms with van der Waals surface area (Å²) in [5.41, 5.74) is -0.268. The van der Waals surface area contributed by atoms with Gasteiger partial charge in [-0.1, -0.05) is 19.4 Å². The molecule has 0 aliphatic rings. The molecule has 1 rings (SSSR count). The van der Waals surface area contributed by atoms with E-state index in [1.54, 1.807) is 6.92 Å². The maximum Gasteiger partial charge on any atom is 0.242 e. The Morgan fingerprint density at radius 3 is 2.50 bits per heavy atom. The third-order valence-electron chi connectivity index (χ3n) is 2.55. The van der Waals surface area contributed by atoms with Crippen LogP contribution in [0.4, 0.5) is 14.5 Å². The minimum absolute atomic E-state index is 0.268. The van der Waals surface area contributed by atoms with Crippen LogP contribution in [0.1, 0.15) is 26.7 Å². The lowest BCUT2D eigenvalue weighted by Gasteiger charge is -2.16. The zero-order valence-electron chi connectivity index (χ0n) is 10.6. The van der Waals surface area contributed by atoms with Crippen molar-refractivity contribution in [1.82, 2.24) is 5.32 Å². The van der Waals surface area contributed by atoms with Gasteiger partial charge in [0, 0.05) is 6.54 Å². The first-order valence-electron chi connectivity index (χ1n) is 6.04. The number of nitrogens with one attached hydrogen (secondary N) is 2. The van der Waals surface area contributed by atoms with Gasteiger partial charge < -0.3 is 10.6 Å². The second-order valence-corrected chi connectivity index (χ2v) is 4.11. The number of carbonyl (C=O) groups excluding carboxylic acids is 1. The highest BCUT2D eigenvalue weighted by Gasteiger charge is 2.16. The third-order valence-corrected chi connectivity index (χ3v) is 2.55. The van der Waals surface area contributed by atoms with E-state index in [-0.39, 0.29) is 11.6 Å². The van der Waals surface area contributed by atoms with Gasteiger partial charge in [-0.15, -0.1) is 0 Å². The van der Waals surface area contributed by atoms with Crippen molar-refractivity contribution in [3.63, 3.8) is 0 Å². The van der Waals surface area contributed by atoms with E-state index in [2.05, 4.69) is 10.6 Å². The van der Waals surface area contributed by atoms with Crippen LogP contribution in [0.2, 0.25) is 0 Å². The number of unbranched alkanes of at least 4 members (excludes halogenated alkanes) is 1. The van der Waals surface area contributed by atoms with Gasteiger partial charge in [-0.2, -0.15) is 0 Å². The Morgan fingerprint density at radius 2 is 1.94 bits per heavy atom. The number of carbonyl (C=O) groups is 1. The van der Waals surface area contributed by atoms with Gasteiger partial charge in [-0.3, -0.25) is 4.79 Å². The van der Waals surface area contributed by atoms with Crippen LogP contribution in [0, 0.1) is 11.6 Å². The molecule has 100 valence electrons. The first kappa shape index (κ1) is 14.4. The number of hydrogen-bond acceptors (Lipinski definition) is 2. The number of benzene rings is 1. The van der Waals surface area contributed by atoms with Gasteiger partial charge >= 0.3 is 0 Å². The fourth-order valence-electron chi connectivity index (χ4n) is 1.46. The Bertz CT molecular complexity index is 390. The van der Waals surface area contributed by atoms with E-state index in [0.29, 0.717) is 6.54 Å². The molecule has 1 aromatic carbocycles. The summed E-state index contributed by atoms with van der Waals surface area (Å²) in [5.74, 6) is -1.68. The first-order chi connectivity index (χ1) is 8.56. The molecule has 0 saturated heterocycles. The summed E-state index contributed by atoms with van der Waals surface area (Å²) >= 11 is 0. The van der Waals surface area contributed by atoms with Crippen molar-refractivity contribution < 1.29 is 13.6 Å². The number of para-hydroxylation sites is 1. The highest BCUT2D eigenvalue weighted by Crippen LogP contribution is 2.18. The highest BCUT2D eigenvalue weighted by molar-refractivity contribution is 5.84. The Hall–Kier alpha value is -1.65. The second kappa shape index (κ2) is 6.93. The summed E-state index contributed by atoms with van der Waals surface area (Å²) < 4.78 is 26.7. The highest BCUT2D eigenvalue weighted by atomic mass is 19.1. The summed E-state index contributed by atoms with van der Waals surface area (Å²) in [4.78, 5) is 11.6. The molecule has 0 heterocycles. The van der Waals surface area contributed by atoms with E-state index in [1.165, 1.54) is 6.07 Å². The molecule has 3 nitrogen and oxygen atoms in total. The van der Waals surface area contributed by atoms with Crippen LogP contribution < -0.4 is 10.6 Å². The summed E-state index contributed by atoms with van der Waals surface area (Å²) in [6, 6.07) is 2.88. The molecule has 1 amide bonds. The largest absolute Gasteiger partial charge is 0.369 e. The van der Waals surface area contributed by atoms with Crippen molar-refractivity contribution in [3.05, 3.63) is 29.8 Å². The molecule has 1 atom stereocenters. The Kier molecular flexibility index (Phi) is 5.55. The molecule has 5 heteroatoms. The Balaban J connectivity index is 2.58. The van der Waals surface area contributed by atoms with Crippen LogP contribution in [-0.2, 0) is 4.79 Å². The number of amides is 1. The van der Waals surface area contributed by atoms with Gasteiger partial charge in [0.05, 0.1) is 0 Å². The van der Waals surface area contributed by atoms with Crippen LogP contribution >= 0.6 is 0 Å². The molecule has 1 unspecified atom stereocenters. The van der Waals surface area contributed by atoms with Gasteiger partial charge in [-0.05, 0) is 25.5 Å². The number of anilines is 1. The van der Waals surface area contributed by atoms with Crippen molar-refractivity contribution in [1.29, 1.82) is 0 Å². The van der Waals surface area contributed by atoms with Crippen molar-refractivity contribution in [2.24, 2.45) is 0 Å². The van der Waals surface area contributed by atoms with Crippen molar-refractivity contribution in [2.45, 2.75) is 32.7 Å². The van der Waals surface area contributed by atoms with E-state index in [9.17, 15) is 13.6 Å². The van der Waals surface area contributed by atoms with Gasteiger partial charge in [-0.25, -0.2) is 8.78 Å². The molecule has 0 spiro atoms. The van der Waals surface area contributed by atoms with Crippen molar-refractivity contribution >= 4 is 11.6 Å². The molecule has 0 radical (unpaired) electrons. The van der Waals surface area contributed by atoms with E-state index < -0.39 is 17.7 Å². The summed E-state index contributed by atoms with van der Waals surface area (Å²) in [5, 5.41) is 5.24. The summed E-state index contributed by atoms with van der Waals surface area (Å²) in [7, 11) is 0. The lowest BCUT2D eigenvalue weighted by Crippen LogP contribution is -2.38. The van der Waals surface area contributed by atoms with Crippen molar-refractivity contribution in [3.8, 4) is 0 Å². The minimum Gasteiger partial charge on any atom is -0.369 e. The molecule has 0 fully saturated rings. The summed E-state index contributed by atoms with van der Waals surface area (Å²) in [6.45, 7) is 4.15. The van der Waals surface area contributed by atoms with Crippen LogP contribution in [0.25, 0.3) is 0 Å². The standard InChI is InChI=1S/C13H18F2N2O/c1-3-4-8-16-13(18)9(2)17-12-10(14)6-5-7-11(12)15/h5-7,9,17H,3-4,8H2,1-2H3,(H,16,18). The first-order valence-corrected chi connectivity index (χ1v) is 6.04. The molecule has 0 saturated carbocycles. The van der Waals surface area contributed by atoms with Crippen molar-refractivity contribution in [2.75, 3.05) is 11.9 Å². The normalized spacial score (nSPS) is 12.0. The molecular weight excluding hydrogens is 238 g/mol. The molecule has 18 heavy (non-hydrogen) atoms. The fraction of sp³-hybridized carbons (Fsp3) is 0.462. The Morgan fingerprint density at radius 1 is 1.33 bits per heavy atom. The molecule has 0 bridgehead atoms. The average Bonchev–Trinajstić information content (AvgIpc) is 2.34. The summed E-state index contributed by atoms with van der Waals surface area (Å²) in [6.07, 6.45) is 1.86. The van der Waals surface area contributed by atoms with E-state index >= 15 is 0 Å². The molecule has 0 aliphatic carbocycles. The molecule has 2 N–H and O–H groups in total. The quantitative estimate of drug-likeness (QED) is 0.768. The molecule has 1 aromatic rings. The number of halogens is 2. The Labute approximate surface area is 106 Å². The SMILES string of the molecule is CCCCNC(=O)C(C)Nc1c(F)cccc1F. The molecular formula is C13H18F2N2O. The fourth-order valence-corrected chi connectivity index (χ4v) is 1.46. The maximum absolute atomic E-state index is 13.3. The van der Waals surface area contributed by atoms with Crippen LogP contribution in [-0.4, -0.2) is 18.5 Å². The lowest BCUT2D eigenvalue weighted by molar-refractivity contribution is -0.121. The minimum atomic E-state index is -0.705. The number of hydrogen-bond donors (Lipinski definition) is 2. The van der Waals surface area contributed by atoms with Gasteiger partial charge in [0.2, 0.25) is 5.91 Å². The zero-order chi connectivity index (χ0) is 13.5. The predicted octanol–water partition coefficient (Wildman–Crippen LogP) is 2.68. The third kappa shape index (κ3) is 3.98. The lowest BCUT2D eigenvalue weighted by atomic mass is 10.2. The van der Waals surface area contributed by atoms with E-state index in [1.807, 2.05) is 6.92 Å². The average molecular weight is 256 g/mol. The predicted molar refractivity (Wildman–Crippen MR) is 67.4 cm³/mol. The number of rotatable bonds is 6. The van der Waals surface area contributed by atoms with E-state index in [0.717, 1.165) is 25.0 Å². The van der Waals surface area contributed by atoms with Gasteiger partial charge in [0.1, 0.15) is 23.4 Å². The maximum atomic E-state index is 13.3. The van der Waals surface area contributed by atoms with Crippen LogP contribution in [0.3, 0.4) is 0 Å². The zero-order valence-corrected chi connectivity index (χ0v) is 10.6. The van der Waals surface area contributed by atoms with Crippen LogP contribution in [0.5, 0.6) is 0 Å². The van der Waals surface area contributed by atoms with E-state index in [4.69, 9.17) is 0 Å². The van der Waals surface area contributed by atoms with Gasteiger partial charge in [0.25, 0.3) is 0 Å². The smallest absolute Gasteiger partial charge is 0.242 e. The second-order valence-electron chi connectivity index (χ2n) is 4.11. The van der Waals surface area contributed by atoms with Crippen LogP contribution in [0.15, 0.2) is 18.2 Å². The molecule has 0 aromatic heterocycles. The topological polar surface area (TPSA) is 41.1 Å². The molecule has 0 aliphatic heterocycles.